The predicted molar refractivity (Wildman–Crippen MR) is 51.5 cm³/mol. The molecule has 1 aliphatic heterocycles. The number of amides is 1. The number of ether oxygens (including phenoxy) is 1. The predicted octanol–water partition coefficient (Wildman–Crippen LogP) is 1.47. The number of rotatable bonds is 2. The number of hydrogen-bond acceptors (Lipinski definition) is 2. The van der Waals surface area contributed by atoms with Gasteiger partial charge in [0.05, 0.1) is 6.10 Å². The van der Waals surface area contributed by atoms with Crippen LogP contribution in [0.2, 0.25) is 0 Å². The van der Waals surface area contributed by atoms with Gasteiger partial charge in [-0.1, -0.05) is 6.92 Å². The van der Waals surface area contributed by atoms with E-state index in [2.05, 4.69) is 19.2 Å². The van der Waals surface area contributed by atoms with Crippen molar-refractivity contribution in [3.63, 3.8) is 0 Å². The Balaban J connectivity index is 2.51. The van der Waals surface area contributed by atoms with Gasteiger partial charge in [0.15, 0.2) is 0 Å². The molecule has 2 atom stereocenters. The van der Waals surface area contributed by atoms with Gasteiger partial charge in [0.2, 0.25) is 5.91 Å². The first kappa shape index (κ1) is 10.5. The molecule has 0 bridgehead atoms. The Morgan fingerprint density at radius 2 is 2.38 bits per heavy atom. The largest absolute Gasteiger partial charge is 0.378 e. The zero-order valence-corrected chi connectivity index (χ0v) is 8.72. The van der Waals surface area contributed by atoms with Crippen LogP contribution in [-0.4, -0.2) is 24.2 Å². The summed E-state index contributed by atoms with van der Waals surface area (Å²) in [5.41, 5.74) is -0.0508. The second-order valence-electron chi connectivity index (χ2n) is 4.10. The lowest BCUT2D eigenvalue weighted by Crippen LogP contribution is -2.51. The Bertz CT molecular complexity index is 193. The number of carbonyl (C=O) groups excluding carboxylic acids is 1. The third kappa shape index (κ3) is 2.99. The maximum Gasteiger partial charge on any atom is 0.217 e. The van der Waals surface area contributed by atoms with Crippen LogP contribution in [0.3, 0.4) is 0 Å². The van der Waals surface area contributed by atoms with Gasteiger partial charge in [-0.05, 0) is 26.2 Å². The normalized spacial score (nSPS) is 34.2. The molecule has 0 spiro atoms. The molecule has 0 aromatic rings. The summed E-state index contributed by atoms with van der Waals surface area (Å²) in [6.45, 7) is 6.54. The van der Waals surface area contributed by atoms with Gasteiger partial charge < -0.3 is 10.1 Å². The SMILES string of the molecule is CC[C@@H]1C[C@@](C)(NC(C)=O)CCO1. The molecule has 76 valence electrons. The molecule has 0 unspecified atom stereocenters. The van der Waals surface area contributed by atoms with Crippen molar-refractivity contribution in [2.75, 3.05) is 6.61 Å². The molecule has 0 aromatic heterocycles. The average Bonchev–Trinajstić information content (AvgIpc) is 2.02. The topological polar surface area (TPSA) is 38.3 Å². The molecule has 0 saturated carbocycles. The molecule has 3 heteroatoms. The Morgan fingerprint density at radius 1 is 1.69 bits per heavy atom. The highest BCUT2D eigenvalue weighted by molar-refractivity contribution is 5.73. The fraction of sp³-hybridized carbons (Fsp3) is 0.900. The van der Waals surface area contributed by atoms with Gasteiger partial charge in [-0.2, -0.15) is 0 Å². The van der Waals surface area contributed by atoms with E-state index in [1.807, 2.05) is 0 Å². The lowest BCUT2D eigenvalue weighted by molar-refractivity contribution is -0.122. The molecule has 3 nitrogen and oxygen atoms in total. The van der Waals surface area contributed by atoms with E-state index in [0.29, 0.717) is 6.10 Å². The highest BCUT2D eigenvalue weighted by atomic mass is 16.5. The summed E-state index contributed by atoms with van der Waals surface area (Å²) in [6, 6.07) is 0. The Labute approximate surface area is 79.8 Å². The van der Waals surface area contributed by atoms with Crippen molar-refractivity contribution in [1.29, 1.82) is 0 Å². The fourth-order valence-corrected chi connectivity index (χ4v) is 1.92. The average molecular weight is 185 g/mol. The highest BCUT2D eigenvalue weighted by Crippen LogP contribution is 2.25. The van der Waals surface area contributed by atoms with Crippen molar-refractivity contribution >= 4 is 5.91 Å². The van der Waals surface area contributed by atoms with Crippen molar-refractivity contribution in [2.24, 2.45) is 0 Å². The summed E-state index contributed by atoms with van der Waals surface area (Å²) >= 11 is 0. The summed E-state index contributed by atoms with van der Waals surface area (Å²) in [5, 5.41) is 3.00. The van der Waals surface area contributed by atoms with Crippen LogP contribution in [0.1, 0.15) is 40.0 Å². The maximum atomic E-state index is 11.0. The van der Waals surface area contributed by atoms with E-state index >= 15 is 0 Å². The lowest BCUT2D eigenvalue weighted by Gasteiger charge is -2.38. The summed E-state index contributed by atoms with van der Waals surface area (Å²) in [5.74, 6) is 0.0549. The van der Waals surface area contributed by atoms with Crippen LogP contribution in [0.25, 0.3) is 0 Å². The molecule has 1 aliphatic rings. The van der Waals surface area contributed by atoms with Gasteiger partial charge in [0.25, 0.3) is 0 Å². The van der Waals surface area contributed by atoms with E-state index in [4.69, 9.17) is 4.74 Å². The standard InChI is InChI=1S/C10H19NO2/c1-4-9-7-10(3,5-6-13-9)11-8(2)12/h9H,4-7H2,1-3H3,(H,11,12)/t9-,10+/m1/s1. The van der Waals surface area contributed by atoms with Crippen molar-refractivity contribution in [1.82, 2.24) is 5.32 Å². The fourth-order valence-electron chi connectivity index (χ4n) is 1.92. The van der Waals surface area contributed by atoms with Gasteiger partial charge in [-0.15, -0.1) is 0 Å². The van der Waals surface area contributed by atoms with Crippen LogP contribution in [0, 0.1) is 0 Å². The highest BCUT2D eigenvalue weighted by Gasteiger charge is 2.32. The first-order valence-electron chi connectivity index (χ1n) is 4.96. The van der Waals surface area contributed by atoms with E-state index < -0.39 is 0 Å². The van der Waals surface area contributed by atoms with E-state index in [9.17, 15) is 4.79 Å². The van der Waals surface area contributed by atoms with Gasteiger partial charge in [-0.25, -0.2) is 0 Å². The van der Waals surface area contributed by atoms with Crippen LogP contribution in [0.5, 0.6) is 0 Å². The summed E-state index contributed by atoms with van der Waals surface area (Å²) in [4.78, 5) is 11.0. The first-order chi connectivity index (χ1) is 6.06. The first-order valence-corrected chi connectivity index (χ1v) is 4.96. The Morgan fingerprint density at radius 3 is 2.92 bits per heavy atom. The Hall–Kier alpha value is -0.570. The molecule has 1 N–H and O–H groups in total. The van der Waals surface area contributed by atoms with Gasteiger partial charge in [0.1, 0.15) is 0 Å². The zero-order chi connectivity index (χ0) is 9.90. The third-order valence-electron chi connectivity index (χ3n) is 2.62. The van der Waals surface area contributed by atoms with Crippen molar-refractivity contribution in [3.05, 3.63) is 0 Å². The lowest BCUT2D eigenvalue weighted by atomic mass is 9.88. The van der Waals surface area contributed by atoms with Crippen molar-refractivity contribution in [3.8, 4) is 0 Å². The maximum absolute atomic E-state index is 11.0. The smallest absolute Gasteiger partial charge is 0.217 e. The molecule has 1 rings (SSSR count). The van der Waals surface area contributed by atoms with Crippen molar-refractivity contribution < 1.29 is 9.53 Å². The monoisotopic (exact) mass is 185 g/mol. The van der Waals surface area contributed by atoms with Crippen LogP contribution in [0.15, 0.2) is 0 Å². The molecule has 1 saturated heterocycles. The minimum atomic E-state index is -0.0508. The number of hydrogen-bond donors (Lipinski definition) is 1. The summed E-state index contributed by atoms with van der Waals surface area (Å²) in [7, 11) is 0. The Kier molecular flexibility index (Phi) is 3.31. The number of nitrogens with one attached hydrogen (secondary N) is 1. The summed E-state index contributed by atoms with van der Waals surface area (Å²) < 4.78 is 5.55. The van der Waals surface area contributed by atoms with Crippen LogP contribution >= 0.6 is 0 Å². The van der Waals surface area contributed by atoms with Gasteiger partial charge >= 0.3 is 0 Å². The molecule has 13 heavy (non-hydrogen) atoms. The van der Waals surface area contributed by atoms with E-state index in [-0.39, 0.29) is 11.4 Å². The van der Waals surface area contributed by atoms with E-state index in [1.165, 1.54) is 0 Å². The number of carbonyl (C=O) groups is 1. The quantitative estimate of drug-likeness (QED) is 0.707. The van der Waals surface area contributed by atoms with Gasteiger partial charge in [-0.3, -0.25) is 4.79 Å². The molecule has 1 amide bonds. The second-order valence-corrected chi connectivity index (χ2v) is 4.10. The van der Waals surface area contributed by atoms with Crippen LogP contribution in [-0.2, 0) is 9.53 Å². The van der Waals surface area contributed by atoms with Gasteiger partial charge in [0, 0.05) is 19.1 Å². The molecule has 1 fully saturated rings. The molecular formula is C10H19NO2. The minimum absolute atomic E-state index is 0.0508. The van der Waals surface area contributed by atoms with Crippen molar-refractivity contribution in [2.45, 2.75) is 51.7 Å². The minimum Gasteiger partial charge on any atom is -0.378 e. The molecule has 1 heterocycles. The van der Waals surface area contributed by atoms with Crippen LogP contribution < -0.4 is 5.32 Å². The molecule has 0 radical (unpaired) electrons. The molecule has 0 aliphatic carbocycles. The molecule has 0 aromatic carbocycles. The zero-order valence-electron chi connectivity index (χ0n) is 8.72. The molecular weight excluding hydrogens is 166 g/mol. The summed E-state index contributed by atoms with van der Waals surface area (Å²) in [6.07, 6.45) is 3.19. The third-order valence-corrected chi connectivity index (χ3v) is 2.62. The van der Waals surface area contributed by atoms with E-state index in [1.54, 1.807) is 6.92 Å². The second kappa shape index (κ2) is 4.09. The van der Waals surface area contributed by atoms with Crippen LogP contribution in [0.4, 0.5) is 0 Å². The van der Waals surface area contributed by atoms with E-state index in [0.717, 1.165) is 25.9 Å².